The lowest BCUT2D eigenvalue weighted by Gasteiger charge is -2.12. The summed E-state index contributed by atoms with van der Waals surface area (Å²) in [7, 11) is 3.05. The Hall–Kier alpha value is -2.34. The number of carbonyl (C=O) groups is 1. The highest BCUT2D eigenvalue weighted by molar-refractivity contribution is 6.33. The van der Waals surface area contributed by atoms with Crippen LogP contribution in [0.15, 0.2) is 28.7 Å². The van der Waals surface area contributed by atoms with E-state index in [1.165, 1.54) is 20.3 Å². The molecule has 2 rings (SSSR count). The molecular formula is C14H14ClNO5. The van der Waals surface area contributed by atoms with Gasteiger partial charge in [-0.15, -0.1) is 0 Å². The lowest BCUT2D eigenvalue weighted by atomic mass is 10.2. The highest BCUT2D eigenvalue weighted by Crippen LogP contribution is 2.36. The predicted molar refractivity (Wildman–Crippen MR) is 77.6 cm³/mol. The van der Waals surface area contributed by atoms with Crippen LogP contribution in [-0.4, -0.2) is 25.3 Å². The van der Waals surface area contributed by atoms with E-state index >= 15 is 0 Å². The zero-order valence-corrected chi connectivity index (χ0v) is 12.2. The maximum absolute atomic E-state index is 10.7. The van der Waals surface area contributed by atoms with Crippen LogP contribution < -0.4 is 14.8 Å². The Kier molecular flexibility index (Phi) is 4.59. The molecule has 0 saturated heterocycles. The normalized spacial score (nSPS) is 10.2. The number of hydrogen-bond acceptors (Lipinski definition) is 5. The summed E-state index contributed by atoms with van der Waals surface area (Å²) in [5, 5.41) is 12.3. The molecule has 7 heteroatoms. The van der Waals surface area contributed by atoms with Gasteiger partial charge < -0.3 is 24.3 Å². The molecule has 0 unspecified atom stereocenters. The standard InChI is InChI=1S/C14H14ClNO5/c1-19-12-5-9(15)10(6-13(12)20-2)16-7-8-3-4-11(21-8)14(17)18/h3-6,16H,7H2,1-2H3,(H,17,18). The van der Waals surface area contributed by atoms with Crippen molar-refractivity contribution in [2.45, 2.75) is 6.54 Å². The summed E-state index contributed by atoms with van der Waals surface area (Å²) in [5.41, 5.74) is 0.627. The smallest absolute Gasteiger partial charge is 0.371 e. The fourth-order valence-corrected chi connectivity index (χ4v) is 1.98. The molecule has 0 aliphatic heterocycles. The molecule has 1 aromatic heterocycles. The molecule has 0 saturated carbocycles. The molecule has 0 spiro atoms. The number of furan rings is 1. The minimum Gasteiger partial charge on any atom is -0.493 e. The Morgan fingerprint density at radius 2 is 1.95 bits per heavy atom. The van der Waals surface area contributed by atoms with E-state index in [1.807, 2.05) is 0 Å². The molecule has 2 N–H and O–H groups in total. The Balaban J connectivity index is 2.13. The number of carboxylic acids is 1. The number of ether oxygens (including phenoxy) is 2. The molecule has 21 heavy (non-hydrogen) atoms. The van der Waals surface area contributed by atoms with Crippen molar-refractivity contribution >= 4 is 23.3 Å². The summed E-state index contributed by atoms with van der Waals surface area (Å²) in [6.07, 6.45) is 0. The van der Waals surface area contributed by atoms with Gasteiger partial charge in [-0.2, -0.15) is 0 Å². The first kappa shape index (κ1) is 15.1. The number of hydrogen-bond donors (Lipinski definition) is 2. The monoisotopic (exact) mass is 311 g/mol. The lowest BCUT2D eigenvalue weighted by Crippen LogP contribution is -2.00. The number of aromatic carboxylic acids is 1. The first-order valence-electron chi connectivity index (χ1n) is 6.02. The van der Waals surface area contributed by atoms with Gasteiger partial charge in [-0.05, 0) is 12.1 Å². The van der Waals surface area contributed by atoms with Gasteiger partial charge in [0.25, 0.3) is 0 Å². The van der Waals surface area contributed by atoms with E-state index in [9.17, 15) is 4.79 Å². The maximum atomic E-state index is 10.7. The van der Waals surface area contributed by atoms with E-state index in [0.717, 1.165) is 0 Å². The summed E-state index contributed by atoms with van der Waals surface area (Å²) in [5.74, 6) is 0.336. The Morgan fingerprint density at radius 3 is 2.52 bits per heavy atom. The second-order valence-corrected chi connectivity index (χ2v) is 4.52. The van der Waals surface area contributed by atoms with Gasteiger partial charge >= 0.3 is 5.97 Å². The average Bonchev–Trinajstić information content (AvgIpc) is 2.94. The summed E-state index contributed by atoms with van der Waals surface area (Å²) >= 11 is 6.14. The van der Waals surface area contributed by atoms with Crippen molar-refractivity contribution in [2.75, 3.05) is 19.5 Å². The Bertz CT molecular complexity index is 653. The molecule has 0 bridgehead atoms. The van der Waals surface area contributed by atoms with Gasteiger partial charge in [0, 0.05) is 12.1 Å². The lowest BCUT2D eigenvalue weighted by molar-refractivity contribution is 0.0660. The summed E-state index contributed by atoms with van der Waals surface area (Å²) < 4.78 is 15.5. The summed E-state index contributed by atoms with van der Waals surface area (Å²) in [6, 6.07) is 6.32. The Labute approximate surface area is 126 Å². The molecular weight excluding hydrogens is 298 g/mol. The SMILES string of the molecule is COc1cc(Cl)c(NCc2ccc(C(=O)O)o2)cc1OC. The van der Waals surface area contributed by atoms with Gasteiger partial charge in [0.05, 0.1) is 31.5 Å². The fourth-order valence-electron chi connectivity index (χ4n) is 1.76. The molecule has 0 aliphatic rings. The van der Waals surface area contributed by atoms with Crippen LogP contribution in [0.2, 0.25) is 5.02 Å². The van der Waals surface area contributed by atoms with Gasteiger partial charge in [0.15, 0.2) is 11.5 Å². The number of methoxy groups -OCH3 is 2. The minimum absolute atomic E-state index is 0.106. The van der Waals surface area contributed by atoms with Gasteiger partial charge in [-0.25, -0.2) is 4.79 Å². The van der Waals surface area contributed by atoms with Crippen molar-refractivity contribution in [3.05, 3.63) is 40.8 Å². The summed E-state index contributed by atoms with van der Waals surface area (Å²) in [6.45, 7) is 0.294. The second-order valence-electron chi connectivity index (χ2n) is 4.11. The average molecular weight is 312 g/mol. The van der Waals surface area contributed by atoms with Crippen molar-refractivity contribution in [2.24, 2.45) is 0 Å². The number of halogens is 1. The molecule has 0 atom stereocenters. The van der Waals surface area contributed by atoms with Crippen LogP contribution in [0.4, 0.5) is 5.69 Å². The number of anilines is 1. The van der Waals surface area contributed by atoms with E-state index < -0.39 is 5.97 Å². The highest BCUT2D eigenvalue weighted by Gasteiger charge is 2.12. The van der Waals surface area contributed by atoms with Crippen LogP contribution in [0.1, 0.15) is 16.3 Å². The molecule has 1 aromatic carbocycles. The van der Waals surface area contributed by atoms with Crippen molar-refractivity contribution in [1.82, 2.24) is 0 Å². The van der Waals surface area contributed by atoms with E-state index in [2.05, 4.69) is 5.32 Å². The third kappa shape index (κ3) is 3.41. The molecule has 112 valence electrons. The van der Waals surface area contributed by atoms with Crippen LogP contribution in [0.3, 0.4) is 0 Å². The topological polar surface area (TPSA) is 80.9 Å². The first-order chi connectivity index (χ1) is 10.0. The Morgan fingerprint density at radius 1 is 1.29 bits per heavy atom. The van der Waals surface area contributed by atoms with Gasteiger partial charge in [-0.3, -0.25) is 0 Å². The minimum atomic E-state index is -1.11. The second kappa shape index (κ2) is 6.41. The molecule has 0 fully saturated rings. The van der Waals surface area contributed by atoms with E-state index in [-0.39, 0.29) is 5.76 Å². The van der Waals surface area contributed by atoms with Crippen LogP contribution in [0.25, 0.3) is 0 Å². The largest absolute Gasteiger partial charge is 0.493 e. The number of nitrogens with one attached hydrogen (secondary N) is 1. The van der Waals surface area contributed by atoms with Gasteiger partial charge in [-0.1, -0.05) is 11.6 Å². The fraction of sp³-hybridized carbons (Fsp3) is 0.214. The van der Waals surface area contributed by atoms with E-state index in [1.54, 1.807) is 18.2 Å². The molecule has 2 aromatic rings. The van der Waals surface area contributed by atoms with Crippen LogP contribution in [0, 0.1) is 0 Å². The molecule has 0 amide bonds. The zero-order valence-electron chi connectivity index (χ0n) is 11.5. The quantitative estimate of drug-likeness (QED) is 0.852. The molecule has 0 radical (unpaired) electrons. The number of benzene rings is 1. The number of carboxylic acid groups (broad SMARTS) is 1. The van der Waals surface area contributed by atoms with E-state index in [0.29, 0.717) is 34.5 Å². The van der Waals surface area contributed by atoms with Gasteiger partial charge in [0.1, 0.15) is 5.76 Å². The van der Waals surface area contributed by atoms with Crippen molar-refractivity contribution in [3.63, 3.8) is 0 Å². The molecule has 0 aliphatic carbocycles. The van der Waals surface area contributed by atoms with Crippen molar-refractivity contribution in [3.8, 4) is 11.5 Å². The zero-order chi connectivity index (χ0) is 15.4. The van der Waals surface area contributed by atoms with Gasteiger partial charge in [0.2, 0.25) is 5.76 Å². The van der Waals surface area contributed by atoms with Crippen LogP contribution in [0.5, 0.6) is 11.5 Å². The van der Waals surface area contributed by atoms with Crippen molar-refractivity contribution in [1.29, 1.82) is 0 Å². The van der Waals surface area contributed by atoms with Crippen LogP contribution in [-0.2, 0) is 6.54 Å². The summed E-state index contributed by atoms with van der Waals surface area (Å²) in [4.78, 5) is 10.7. The maximum Gasteiger partial charge on any atom is 0.371 e. The van der Waals surface area contributed by atoms with Crippen molar-refractivity contribution < 1.29 is 23.8 Å². The molecule has 6 nitrogen and oxygen atoms in total. The number of rotatable bonds is 6. The van der Waals surface area contributed by atoms with E-state index in [4.69, 9.17) is 30.6 Å². The third-order valence-corrected chi connectivity index (χ3v) is 3.11. The van der Waals surface area contributed by atoms with Crippen LogP contribution >= 0.6 is 11.6 Å². The first-order valence-corrected chi connectivity index (χ1v) is 6.40. The predicted octanol–water partition coefficient (Wildman–Crippen LogP) is 3.26. The highest BCUT2D eigenvalue weighted by atomic mass is 35.5. The molecule has 1 heterocycles. The third-order valence-electron chi connectivity index (χ3n) is 2.80.